The van der Waals surface area contributed by atoms with Crippen LogP contribution in [0.25, 0.3) is 4.96 Å². The van der Waals surface area contributed by atoms with Gasteiger partial charge in [-0.2, -0.15) is 9.61 Å². The molecule has 1 N–H and O–H groups in total. The highest BCUT2D eigenvalue weighted by Gasteiger charge is 2.34. The molecule has 34 heavy (non-hydrogen) atoms. The van der Waals surface area contributed by atoms with Gasteiger partial charge in [0.2, 0.25) is 10.8 Å². The predicted octanol–water partition coefficient (Wildman–Crippen LogP) is 5.05. The van der Waals surface area contributed by atoms with Crippen LogP contribution in [0.4, 0.5) is 0 Å². The van der Waals surface area contributed by atoms with E-state index in [2.05, 4.69) is 98.1 Å². The van der Waals surface area contributed by atoms with E-state index in [0.29, 0.717) is 0 Å². The second-order valence-corrected chi connectivity index (χ2v) is 10.4. The summed E-state index contributed by atoms with van der Waals surface area (Å²) in [5, 5.41) is 17.3. The Bertz CT molecular complexity index is 1300. The number of fused-ring (bicyclic) bond motifs is 1. The van der Waals surface area contributed by atoms with Crippen molar-refractivity contribution in [2.75, 3.05) is 26.2 Å². The number of benzene rings is 2. The van der Waals surface area contributed by atoms with E-state index in [1.165, 1.54) is 38.2 Å². The predicted molar refractivity (Wildman–Crippen MR) is 137 cm³/mol. The number of nitrogens with zero attached hydrogens (tertiary/aromatic N) is 5. The van der Waals surface area contributed by atoms with Crippen LogP contribution in [0.5, 0.6) is 5.88 Å². The summed E-state index contributed by atoms with van der Waals surface area (Å²) >= 11 is 3.25. The molecule has 0 bridgehead atoms. The maximum atomic E-state index is 11.0. The van der Waals surface area contributed by atoms with E-state index in [1.807, 2.05) is 0 Å². The maximum Gasteiger partial charge on any atom is 0.230 e. The number of hydrogen-bond acceptors (Lipinski definition) is 7. The van der Waals surface area contributed by atoms with Gasteiger partial charge in [-0.05, 0) is 22.6 Å². The Morgan fingerprint density at radius 2 is 1.38 bits per heavy atom. The fraction of sp³-hybridized carbons (Fsp3) is 0.231. The molecule has 0 aliphatic carbocycles. The molecule has 0 unspecified atom stereocenters. The number of piperazine rings is 1. The van der Waals surface area contributed by atoms with Gasteiger partial charge in [-0.1, -0.05) is 78.1 Å². The minimum atomic E-state index is 0.00236. The standard InChI is InChI=1S/C26H25N5OS2/c32-25-24(34-26-27-18-28-31(25)26)23(21-12-7-17-33-21)30-15-13-29(14-16-30)22(19-8-3-1-4-9-19)20-10-5-2-6-11-20/h1-12,17-18,22-23,32H,13-16H2/t23-/m1/s1. The molecule has 4 heterocycles. The van der Waals surface area contributed by atoms with Crippen molar-refractivity contribution >= 4 is 27.6 Å². The molecular weight excluding hydrogens is 462 g/mol. The molecule has 1 aliphatic heterocycles. The number of rotatable bonds is 6. The minimum absolute atomic E-state index is 0.00236. The Morgan fingerprint density at radius 1 is 0.765 bits per heavy atom. The van der Waals surface area contributed by atoms with Gasteiger partial charge in [-0.15, -0.1) is 11.3 Å². The van der Waals surface area contributed by atoms with E-state index in [1.54, 1.807) is 11.3 Å². The second-order valence-electron chi connectivity index (χ2n) is 8.46. The molecule has 1 atom stereocenters. The van der Waals surface area contributed by atoms with Gasteiger partial charge >= 0.3 is 0 Å². The smallest absolute Gasteiger partial charge is 0.230 e. The van der Waals surface area contributed by atoms with Crippen molar-refractivity contribution in [3.8, 4) is 5.88 Å². The van der Waals surface area contributed by atoms with Crippen LogP contribution in [-0.2, 0) is 0 Å². The minimum Gasteiger partial charge on any atom is -0.492 e. The van der Waals surface area contributed by atoms with Crippen LogP contribution in [0, 0.1) is 0 Å². The number of aromatic nitrogens is 3. The average molecular weight is 488 g/mol. The average Bonchev–Trinajstić information content (AvgIpc) is 3.63. The normalized spacial score (nSPS) is 16.4. The number of aromatic hydroxyl groups is 1. The lowest BCUT2D eigenvalue weighted by Gasteiger charge is -2.42. The first kappa shape index (κ1) is 21.5. The monoisotopic (exact) mass is 487 g/mol. The molecule has 0 saturated carbocycles. The highest BCUT2D eigenvalue weighted by Crippen LogP contribution is 2.42. The summed E-state index contributed by atoms with van der Waals surface area (Å²) in [7, 11) is 0. The van der Waals surface area contributed by atoms with E-state index in [9.17, 15) is 5.11 Å². The molecule has 5 aromatic rings. The molecule has 6 nitrogen and oxygen atoms in total. The number of thiazole rings is 1. The molecule has 0 amide bonds. The molecule has 0 spiro atoms. The Kier molecular flexibility index (Phi) is 5.88. The summed E-state index contributed by atoms with van der Waals surface area (Å²) in [5.41, 5.74) is 2.64. The van der Waals surface area contributed by atoms with Crippen molar-refractivity contribution in [3.63, 3.8) is 0 Å². The molecule has 1 aliphatic rings. The van der Waals surface area contributed by atoms with Crippen LogP contribution >= 0.6 is 22.7 Å². The lowest BCUT2D eigenvalue weighted by atomic mass is 9.96. The Balaban J connectivity index is 1.29. The third-order valence-electron chi connectivity index (χ3n) is 6.51. The third-order valence-corrected chi connectivity index (χ3v) is 8.52. The summed E-state index contributed by atoms with van der Waals surface area (Å²) in [6.45, 7) is 3.70. The third kappa shape index (κ3) is 3.92. The van der Waals surface area contributed by atoms with Gasteiger partial charge in [0.25, 0.3) is 0 Å². The van der Waals surface area contributed by atoms with Crippen LogP contribution in [0.15, 0.2) is 84.5 Å². The second kappa shape index (κ2) is 9.31. The van der Waals surface area contributed by atoms with Gasteiger partial charge in [-0.3, -0.25) is 9.80 Å². The SMILES string of the molecule is Oc1c([C@@H](c2cccs2)N2CCN(C(c3ccccc3)c3ccccc3)CC2)sc2ncnn12. The van der Waals surface area contributed by atoms with Gasteiger partial charge in [0.05, 0.1) is 17.0 Å². The topological polar surface area (TPSA) is 56.9 Å². The zero-order valence-electron chi connectivity index (χ0n) is 18.6. The highest BCUT2D eigenvalue weighted by molar-refractivity contribution is 7.17. The summed E-state index contributed by atoms with van der Waals surface area (Å²) < 4.78 is 1.54. The van der Waals surface area contributed by atoms with Crippen LogP contribution in [0.2, 0.25) is 0 Å². The van der Waals surface area contributed by atoms with E-state index in [4.69, 9.17) is 0 Å². The summed E-state index contributed by atoms with van der Waals surface area (Å²) in [4.78, 5) is 12.2. The lowest BCUT2D eigenvalue weighted by molar-refractivity contribution is 0.0908. The Hall–Kier alpha value is -3.04. The molecule has 3 aromatic heterocycles. The summed E-state index contributed by atoms with van der Waals surface area (Å²) in [6, 6.07) is 26.0. The Labute approximate surface area is 206 Å². The van der Waals surface area contributed by atoms with Crippen LogP contribution < -0.4 is 0 Å². The summed E-state index contributed by atoms with van der Waals surface area (Å²) in [5.74, 6) is 0.199. The van der Waals surface area contributed by atoms with Crippen LogP contribution in [0.3, 0.4) is 0 Å². The lowest BCUT2D eigenvalue weighted by Crippen LogP contribution is -2.48. The number of thiophene rings is 1. The highest BCUT2D eigenvalue weighted by atomic mass is 32.1. The zero-order chi connectivity index (χ0) is 22.9. The molecular formula is C26H25N5OS2. The molecule has 1 fully saturated rings. The van der Waals surface area contributed by atoms with Gasteiger partial charge in [0, 0.05) is 31.1 Å². The first-order valence-electron chi connectivity index (χ1n) is 11.4. The maximum absolute atomic E-state index is 11.0. The molecule has 2 aromatic carbocycles. The quantitative estimate of drug-likeness (QED) is 0.363. The van der Waals surface area contributed by atoms with Crippen LogP contribution in [-0.4, -0.2) is 55.7 Å². The van der Waals surface area contributed by atoms with Crippen LogP contribution in [0.1, 0.15) is 33.0 Å². The van der Waals surface area contributed by atoms with Gasteiger partial charge < -0.3 is 5.11 Å². The zero-order valence-corrected chi connectivity index (χ0v) is 20.2. The molecule has 172 valence electrons. The summed E-state index contributed by atoms with van der Waals surface area (Å²) in [6.07, 6.45) is 1.49. The molecule has 1 saturated heterocycles. The molecule has 0 radical (unpaired) electrons. The van der Waals surface area contributed by atoms with Crippen molar-refractivity contribution in [1.29, 1.82) is 0 Å². The van der Waals surface area contributed by atoms with Crippen molar-refractivity contribution in [3.05, 3.63) is 105 Å². The van der Waals surface area contributed by atoms with E-state index >= 15 is 0 Å². The largest absolute Gasteiger partial charge is 0.492 e. The van der Waals surface area contributed by atoms with Gasteiger partial charge in [-0.25, -0.2) is 4.98 Å². The fourth-order valence-electron chi connectivity index (χ4n) is 4.93. The van der Waals surface area contributed by atoms with E-state index in [0.717, 1.165) is 36.0 Å². The first-order valence-corrected chi connectivity index (χ1v) is 13.1. The Morgan fingerprint density at radius 3 is 1.94 bits per heavy atom. The van der Waals surface area contributed by atoms with Gasteiger partial charge in [0.1, 0.15) is 6.33 Å². The van der Waals surface area contributed by atoms with E-state index < -0.39 is 0 Å². The first-order chi connectivity index (χ1) is 16.8. The van der Waals surface area contributed by atoms with E-state index in [-0.39, 0.29) is 18.0 Å². The molecule has 8 heteroatoms. The van der Waals surface area contributed by atoms with Crippen molar-refractivity contribution < 1.29 is 5.11 Å². The van der Waals surface area contributed by atoms with Crippen molar-refractivity contribution in [1.82, 2.24) is 24.4 Å². The molecule has 6 rings (SSSR count). The van der Waals surface area contributed by atoms with Gasteiger partial charge in [0.15, 0.2) is 0 Å². The van der Waals surface area contributed by atoms with Crippen molar-refractivity contribution in [2.24, 2.45) is 0 Å². The fourth-order valence-corrected chi connectivity index (χ4v) is 6.96. The van der Waals surface area contributed by atoms with Crippen molar-refractivity contribution in [2.45, 2.75) is 12.1 Å². The number of hydrogen-bond donors (Lipinski definition) is 1.